The Kier molecular flexibility index (Phi) is 6.42. The molecule has 1 heterocycles. The van der Waals surface area contributed by atoms with Crippen LogP contribution in [0, 0.1) is 5.82 Å². The number of carbonyl (C=O) groups is 2. The molecule has 0 spiro atoms. The number of likely N-dealkylation sites (N-methyl/N-ethyl adjacent to an activating group) is 1. The number of hydrogen-bond donors (Lipinski definition) is 1. The Balaban J connectivity index is 1.50. The van der Waals surface area contributed by atoms with Crippen LogP contribution in [-0.4, -0.2) is 34.4 Å². The maximum atomic E-state index is 12.9. The molecule has 0 fully saturated rings. The van der Waals surface area contributed by atoms with Gasteiger partial charge < -0.3 is 14.8 Å². The molecular weight excluding hydrogens is 357 g/mol. The molecule has 0 radical (unpaired) electrons. The third-order valence-corrected chi connectivity index (χ3v) is 4.72. The van der Waals surface area contributed by atoms with Crippen LogP contribution in [0.3, 0.4) is 0 Å². The van der Waals surface area contributed by atoms with Crippen LogP contribution in [0.4, 0.5) is 4.39 Å². The lowest BCUT2D eigenvalue weighted by atomic mass is 10.2. The summed E-state index contributed by atoms with van der Waals surface area (Å²) in [7, 11) is 0. The fraction of sp³-hybridized carbons (Fsp3) is 0.273. The van der Waals surface area contributed by atoms with Crippen molar-refractivity contribution in [3.8, 4) is 0 Å². The van der Waals surface area contributed by atoms with Crippen LogP contribution in [0.1, 0.15) is 18.9 Å². The second-order valence-corrected chi connectivity index (χ2v) is 6.63. The average molecular weight is 381 g/mol. The van der Waals surface area contributed by atoms with Crippen LogP contribution in [0.2, 0.25) is 0 Å². The molecule has 2 amide bonds. The number of nitrogens with zero attached hydrogens (tertiary/aromatic N) is 2. The number of hydrogen-bond acceptors (Lipinski definition) is 2. The lowest BCUT2D eigenvalue weighted by Gasteiger charge is -2.20. The standard InChI is InChI=1S/C22H24FN3O2/c1-2-25(16-21(27)24-15-17-7-9-19(23)10-8-17)22(28)12-14-26-13-11-18-5-3-4-6-20(18)26/h3-11,13H,2,12,14-16H2,1H3,(H,24,27). The highest BCUT2D eigenvalue weighted by molar-refractivity contribution is 5.85. The summed E-state index contributed by atoms with van der Waals surface area (Å²) < 4.78 is 15.0. The summed E-state index contributed by atoms with van der Waals surface area (Å²) in [6, 6.07) is 16.0. The van der Waals surface area contributed by atoms with E-state index < -0.39 is 0 Å². The normalized spacial score (nSPS) is 10.8. The summed E-state index contributed by atoms with van der Waals surface area (Å²) in [5.74, 6) is -0.601. The van der Waals surface area contributed by atoms with Crippen LogP contribution in [0.15, 0.2) is 60.8 Å². The van der Waals surface area contributed by atoms with E-state index in [1.807, 2.05) is 43.5 Å². The van der Waals surface area contributed by atoms with Crippen molar-refractivity contribution in [3.63, 3.8) is 0 Å². The van der Waals surface area contributed by atoms with E-state index in [1.54, 1.807) is 17.0 Å². The second-order valence-electron chi connectivity index (χ2n) is 6.63. The molecule has 146 valence electrons. The van der Waals surface area contributed by atoms with Crippen LogP contribution in [0.25, 0.3) is 10.9 Å². The average Bonchev–Trinajstić information content (AvgIpc) is 3.13. The van der Waals surface area contributed by atoms with Gasteiger partial charge in [0.15, 0.2) is 0 Å². The van der Waals surface area contributed by atoms with Gasteiger partial charge in [-0.2, -0.15) is 0 Å². The number of carbonyl (C=O) groups excluding carboxylic acids is 2. The van der Waals surface area contributed by atoms with E-state index in [2.05, 4.69) is 9.88 Å². The van der Waals surface area contributed by atoms with Gasteiger partial charge in [-0.1, -0.05) is 30.3 Å². The molecule has 0 unspecified atom stereocenters. The van der Waals surface area contributed by atoms with E-state index in [-0.39, 0.29) is 24.2 Å². The molecule has 3 rings (SSSR count). The first-order valence-electron chi connectivity index (χ1n) is 9.39. The minimum absolute atomic E-state index is 0.0168. The molecule has 0 aliphatic heterocycles. The first-order valence-corrected chi connectivity index (χ1v) is 9.39. The van der Waals surface area contributed by atoms with Gasteiger partial charge in [0.25, 0.3) is 0 Å². The number of nitrogens with one attached hydrogen (secondary N) is 1. The molecule has 0 saturated carbocycles. The molecule has 1 N–H and O–H groups in total. The van der Waals surface area contributed by atoms with Crippen molar-refractivity contribution in [2.45, 2.75) is 26.4 Å². The molecule has 3 aromatic rings. The molecular formula is C22H24FN3O2. The molecule has 0 bridgehead atoms. The van der Waals surface area contributed by atoms with Crippen molar-refractivity contribution in [2.24, 2.45) is 0 Å². The molecule has 5 nitrogen and oxygen atoms in total. The van der Waals surface area contributed by atoms with Crippen molar-refractivity contribution < 1.29 is 14.0 Å². The lowest BCUT2D eigenvalue weighted by molar-refractivity contribution is -0.136. The van der Waals surface area contributed by atoms with Crippen molar-refractivity contribution in [1.82, 2.24) is 14.8 Å². The number of rotatable bonds is 8. The molecule has 0 aliphatic rings. The Morgan fingerprint density at radius 2 is 1.82 bits per heavy atom. The highest BCUT2D eigenvalue weighted by Crippen LogP contribution is 2.15. The maximum Gasteiger partial charge on any atom is 0.239 e. The Hall–Kier alpha value is -3.15. The number of aryl methyl sites for hydroxylation is 1. The van der Waals surface area contributed by atoms with Gasteiger partial charge in [-0.3, -0.25) is 9.59 Å². The van der Waals surface area contributed by atoms with Gasteiger partial charge in [0.05, 0.1) is 6.54 Å². The highest BCUT2D eigenvalue weighted by atomic mass is 19.1. The molecule has 0 aliphatic carbocycles. The summed E-state index contributed by atoms with van der Waals surface area (Å²) >= 11 is 0. The van der Waals surface area contributed by atoms with E-state index in [0.29, 0.717) is 26.1 Å². The summed E-state index contributed by atoms with van der Waals surface area (Å²) in [5.41, 5.74) is 1.90. The maximum absolute atomic E-state index is 12.9. The van der Waals surface area contributed by atoms with Crippen molar-refractivity contribution in [1.29, 1.82) is 0 Å². The summed E-state index contributed by atoms with van der Waals surface area (Å²) in [6.45, 7) is 3.22. The summed E-state index contributed by atoms with van der Waals surface area (Å²) in [5, 5.41) is 3.91. The minimum Gasteiger partial charge on any atom is -0.350 e. The predicted molar refractivity (Wildman–Crippen MR) is 107 cm³/mol. The van der Waals surface area contributed by atoms with Crippen LogP contribution >= 0.6 is 0 Å². The van der Waals surface area contributed by atoms with Gasteiger partial charge in [-0.15, -0.1) is 0 Å². The Bertz CT molecular complexity index is 950. The van der Waals surface area contributed by atoms with Gasteiger partial charge in [-0.25, -0.2) is 4.39 Å². The van der Waals surface area contributed by atoms with Gasteiger partial charge in [0, 0.05) is 37.8 Å². The smallest absolute Gasteiger partial charge is 0.239 e. The summed E-state index contributed by atoms with van der Waals surface area (Å²) in [4.78, 5) is 26.3. The molecule has 0 saturated heterocycles. The zero-order valence-corrected chi connectivity index (χ0v) is 15.9. The van der Waals surface area contributed by atoms with E-state index in [4.69, 9.17) is 0 Å². The zero-order chi connectivity index (χ0) is 19.9. The quantitative estimate of drug-likeness (QED) is 0.651. The highest BCUT2D eigenvalue weighted by Gasteiger charge is 2.15. The Morgan fingerprint density at radius 3 is 2.57 bits per heavy atom. The molecule has 6 heteroatoms. The first kappa shape index (κ1) is 19.6. The minimum atomic E-state index is -0.312. The monoisotopic (exact) mass is 381 g/mol. The number of para-hydroxylation sites is 1. The van der Waals surface area contributed by atoms with Gasteiger partial charge in [0.2, 0.25) is 11.8 Å². The molecule has 28 heavy (non-hydrogen) atoms. The fourth-order valence-corrected chi connectivity index (χ4v) is 3.12. The third-order valence-electron chi connectivity index (χ3n) is 4.72. The number of fused-ring (bicyclic) bond motifs is 1. The number of aromatic nitrogens is 1. The topological polar surface area (TPSA) is 54.3 Å². The van der Waals surface area contributed by atoms with Crippen LogP contribution in [-0.2, 0) is 22.7 Å². The van der Waals surface area contributed by atoms with Crippen LogP contribution in [0.5, 0.6) is 0 Å². The lowest BCUT2D eigenvalue weighted by Crippen LogP contribution is -2.40. The van der Waals surface area contributed by atoms with E-state index >= 15 is 0 Å². The van der Waals surface area contributed by atoms with Crippen molar-refractivity contribution >= 4 is 22.7 Å². The second kappa shape index (κ2) is 9.17. The Morgan fingerprint density at radius 1 is 1.07 bits per heavy atom. The first-order chi connectivity index (χ1) is 13.6. The number of benzene rings is 2. The SMILES string of the molecule is CCN(CC(=O)NCc1ccc(F)cc1)C(=O)CCn1ccc2ccccc21. The van der Waals surface area contributed by atoms with Gasteiger partial charge >= 0.3 is 0 Å². The van der Waals surface area contributed by atoms with E-state index in [0.717, 1.165) is 16.5 Å². The van der Waals surface area contributed by atoms with E-state index in [9.17, 15) is 14.0 Å². The largest absolute Gasteiger partial charge is 0.350 e. The summed E-state index contributed by atoms with van der Waals surface area (Å²) in [6.07, 6.45) is 2.31. The molecule has 2 aromatic carbocycles. The fourth-order valence-electron chi connectivity index (χ4n) is 3.12. The molecule has 0 atom stereocenters. The zero-order valence-electron chi connectivity index (χ0n) is 15.9. The van der Waals surface area contributed by atoms with Crippen molar-refractivity contribution in [3.05, 3.63) is 72.2 Å². The van der Waals surface area contributed by atoms with Crippen molar-refractivity contribution in [2.75, 3.05) is 13.1 Å². The van der Waals surface area contributed by atoms with Gasteiger partial charge in [-0.05, 0) is 42.1 Å². The number of amides is 2. The van der Waals surface area contributed by atoms with Gasteiger partial charge in [0.1, 0.15) is 5.82 Å². The van der Waals surface area contributed by atoms with E-state index in [1.165, 1.54) is 12.1 Å². The molecule has 1 aromatic heterocycles. The third kappa shape index (κ3) is 4.97. The number of halogens is 1. The van der Waals surface area contributed by atoms with Crippen LogP contribution < -0.4 is 5.32 Å². The Labute approximate surface area is 163 Å². The predicted octanol–water partition coefficient (Wildman–Crippen LogP) is 3.34.